The van der Waals surface area contributed by atoms with E-state index in [2.05, 4.69) is 5.32 Å². The lowest BCUT2D eigenvalue weighted by molar-refractivity contribution is -0.140. The van der Waals surface area contributed by atoms with Crippen LogP contribution in [-0.4, -0.2) is 50.0 Å². The number of rotatable bonds is 11. The molecule has 236 valence electrons. The van der Waals surface area contributed by atoms with E-state index in [0.717, 1.165) is 56.1 Å². The van der Waals surface area contributed by atoms with Crippen LogP contribution in [0.3, 0.4) is 0 Å². The first-order valence-corrected chi connectivity index (χ1v) is 16.6. The Bertz CT molecular complexity index is 1550. The molecule has 0 radical (unpaired) electrons. The van der Waals surface area contributed by atoms with Gasteiger partial charge in [0.1, 0.15) is 12.6 Å². The number of anilines is 1. The van der Waals surface area contributed by atoms with E-state index in [4.69, 9.17) is 11.6 Å². The molecule has 0 spiro atoms. The number of nitrogens with one attached hydrogen (secondary N) is 1. The summed E-state index contributed by atoms with van der Waals surface area (Å²) in [6.45, 7) is -0.957. The van der Waals surface area contributed by atoms with Crippen LogP contribution in [0.4, 0.5) is 18.9 Å². The molecule has 3 aromatic rings. The number of hydrogen-bond acceptors (Lipinski definition) is 4. The minimum Gasteiger partial charge on any atom is -0.352 e. The number of carbonyl (C=O) groups excluding carboxylic acids is 2. The van der Waals surface area contributed by atoms with Crippen molar-refractivity contribution in [3.8, 4) is 0 Å². The lowest BCUT2D eigenvalue weighted by atomic mass is 9.94. The topological polar surface area (TPSA) is 86.8 Å². The van der Waals surface area contributed by atoms with Crippen LogP contribution in [-0.2, 0) is 38.8 Å². The maximum absolute atomic E-state index is 14.2. The Morgan fingerprint density at radius 3 is 2.25 bits per heavy atom. The second kappa shape index (κ2) is 14.5. The molecule has 1 N–H and O–H groups in total. The number of halogens is 4. The fraction of sp³-hybridized carbons (Fsp3) is 0.375. The van der Waals surface area contributed by atoms with Crippen LogP contribution in [0.15, 0.2) is 78.9 Å². The summed E-state index contributed by atoms with van der Waals surface area (Å²) in [6.07, 6.45) is 0.840. The van der Waals surface area contributed by atoms with Crippen LogP contribution in [0.25, 0.3) is 0 Å². The van der Waals surface area contributed by atoms with Gasteiger partial charge >= 0.3 is 6.18 Å². The molecule has 1 aliphatic carbocycles. The summed E-state index contributed by atoms with van der Waals surface area (Å²) >= 11 is 6.46. The van der Waals surface area contributed by atoms with E-state index in [9.17, 15) is 31.2 Å². The monoisotopic (exact) mass is 649 g/mol. The Kier molecular flexibility index (Phi) is 11.0. The molecule has 0 bridgehead atoms. The van der Waals surface area contributed by atoms with Gasteiger partial charge in [-0.05, 0) is 48.2 Å². The molecule has 7 nitrogen and oxygen atoms in total. The van der Waals surface area contributed by atoms with Crippen molar-refractivity contribution < 1.29 is 31.2 Å². The average molecular weight is 650 g/mol. The van der Waals surface area contributed by atoms with Crippen LogP contribution in [0, 0.1) is 0 Å². The highest BCUT2D eigenvalue weighted by atomic mass is 35.5. The van der Waals surface area contributed by atoms with Crippen molar-refractivity contribution in [3.05, 3.63) is 101 Å². The molecular formula is C32H35ClF3N3O4S. The molecule has 3 aromatic carbocycles. The van der Waals surface area contributed by atoms with Crippen molar-refractivity contribution in [2.24, 2.45) is 0 Å². The van der Waals surface area contributed by atoms with Gasteiger partial charge in [-0.3, -0.25) is 13.9 Å². The number of benzene rings is 3. The molecule has 1 aliphatic rings. The van der Waals surface area contributed by atoms with Gasteiger partial charge in [0.15, 0.2) is 0 Å². The first-order valence-electron chi connectivity index (χ1n) is 14.3. The molecule has 1 unspecified atom stereocenters. The summed E-state index contributed by atoms with van der Waals surface area (Å²) in [4.78, 5) is 29.4. The third kappa shape index (κ3) is 8.98. The number of amides is 2. The molecule has 0 heterocycles. The van der Waals surface area contributed by atoms with Gasteiger partial charge in [0.05, 0.1) is 17.5 Å². The second-order valence-corrected chi connectivity index (χ2v) is 13.3. The van der Waals surface area contributed by atoms with Gasteiger partial charge in [0.25, 0.3) is 0 Å². The van der Waals surface area contributed by atoms with Crippen LogP contribution in [0.1, 0.15) is 48.8 Å². The van der Waals surface area contributed by atoms with Crippen LogP contribution >= 0.6 is 11.6 Å². The van der Waals surface area contributed by atoms with Gasteiger partial charge in [-0.1, -0.05) is 85.5 Å². The summed E-state index contributed by atoms with van der Waals surface area (Å²) in [5, 5.41) is 3.43. The first-order chi connectivity index (χ1) is 20.8. The van der Waals surface area contributed by atoms with Crippen molar-refractivity contribution in [1.29, 1.82) is 0 Å². The molecule has 12 heteroatoms. The Morgan fingerprint density at radius 1 is 0.955 bits per heavy atom. The SMILES string of the molecule is CS(=O)(=O)N(CC(=O)N(Cc1ccccc1Cl)C(Cc1ccccc1)C(=O)NC1CCCCC1)c1cccc(C(F)(F)F)c1. The lowest BCUT2D eigenvalue weighted by Crippen LogP contribution is -2.55. The van der Waals surface area contributed by atoms with E-state index < -0.39 is 46.2 Å². The maximum Gasteiger partial charge on any atom is 0.416 e. The third-order valence-corrected chi connectivity index (χ3v) is 9.17. The molecule has 1 saturated carbocycles. The Balaban J connectivity index is 1.75. The Morgan fingerprint density at radius 2 is 1.61 bits per heavy atom. The first kappa shape index (κ1) is 33.3. The zero-order valence-corrected chi connectivity index (χ0v) is 25.8. The van der Waals surface area contributed by atoms with Crippen LogP contribution in [0.2, 0.25) is 5.02 Å². The van der Waals surface area contributed by atoms with Crippen molar-refractivity contribution in [1.82, 2.24) is 10.2 Å². The number of nitrogens with zero attached hydrogens (tertiary/aromatic N) is 2. The predicted octanol–water partition coefficient (Wildman–Crippen LogP) is 6.21. The Hall–Kier alpha value is -3.57. The Labute approximate surface area is 261 Å². The summed E-state index contributed by atoms with van der Waals surface area (Å²) in [6, 6.07) is 18.5. The molecule has 1 fully saturated rings. The van der Waals surface area contributed by atoms with Gasteiger partial charge in [0.2, 0.25) is 21.8 Å². The third-order valence-electron chi connectivity index (χ3n) is 7.66. The number of hydrogen-bond donors (Lipinski definition) is 1. The highest BCUT2D eigenvalue weighted by molar-refractivity contribution is 7.92. The predicted molar refractivity (Wildman–Crippen MR) is 165 cm³/mol. The standard InChI is InChI=1S/C32H35ClF3N3O4S/c1-44(42,43)39(27-17-10-14-25(20-27)32(34,35)36)22-30(40)38(21-24-13-8-9-18-28(24)33)29(19-23-11-4-2-5-12-23)31(41)37-26-15-6-3-7-16-26/h2,4-5,8-14,17-18,20,26,29H,3,6-7,15-16,19,21-22H2,1H3,(H,37,41). The van der Waals surface area contributed by atoms with E-state index in [0.29, 0.717) is 21.0 Å². The average Bonchev–Trinajstić information content (AvgIpc) is 2.98. The number of sulfonamides is 1. The highest BCUT2D eigenvalue weighted by Gasteiger charge is 2.35. The molecule has 44 heavy (non-hydrogen) atoms. The van der Waals surface area contributed by atoms with E-state index in [1.807, 2.05) is 30.3 Å². The van der Waals surface area contributed by atoms with Crippen molar-refractivity contribution in [3.63, 3.8) is 0 Å². The number of carbonyl (C=O) groups is 2. The zero-order chi connectivity index (χ0) is 31.9. The fourth-order valence-corrected chi connectivity index (χ4v) is 6.40. The van der Waals surface area contributed by atoms with Crippen LogP contribution in [0.5, 0.6) is 0 Å². The van der Waals surface area contributed by atoms with Crippen molar-refractivity contribution in [2.45, 2.75) is 63.3 Å². The van der Waals surface area contributed by atoms with E-state index in [-0.39, 0.29) is 24.7 Å². The molecule has 0 aliphatic heterocycles. The molecule has 0 saturated heterocycles. The number of alkyl halides is 3. The van der Waals surface area contributed by atoms with Gasteiger partial charge < -0.3 is 10.2 Å². The molecule has 2 amide bonds. The van der Waals surface area contributed by atoms with Gasteiger partial charge in [-0.15, -0.1) is 0 Å². The summed E-state index contributed by atoms with van der Waals surface area (Å²) in [5.74, 6) is -1.17. The lowest BCUT2D eigenvalue weighted by Gasteiger charge is -2.35. The van der Waals surface area contributed by atoms with Crippen LogP contribution < -0.4 is 9.62 Å². The minimum atomic E-state index is -4.72. The maximum atomic E-state index is 14.2. The summed E-state index contributed by atoms with van der Waals surface area (Å²) in [5.41, 5.74) is -0.0837. The quantitative estimate of drug-likeness (QED) is 0.268. The normalized spacial score (nSPS) is 14.9. The molecule has 4 rings (SSSR count). The van der Waals surface area contributed by atoms with Gasteiger partial charge in [-0.2, -0.15) is 13.2 Å². The summed E-state index contributed by atoms with van der Waals surface area (Å²) in [7, 11) is -4.23. The molecular weight excluding hydrogens is 615 g/mol. The summed E-state index contributed by atoms with van der Waals surface area (Å²) < 4.78 is 66.9. The van der Waals surface area contributed by atoms with Crippen molar-refractivity contribution >= 4 is 39.1 Å². The molecule has 1 atom stereocenters. The zero-order valence-electron chi connectivity index (χ0n) is 24.3. The van der Waals surface area contributed by atoms with E-state index in [1.165, 1.54) is 11.0 Å². The largest absolute Gasteiger partial charge is 0.416 e. The fourth-order valence-electron chi connectivity index (χ4n) is 5.36. The smallest absolute Gasteiger partial charge is 0.352 e. The molecule has 0 aromatic heterocycles. The second-order valence-electron chi connectivity index (χ2n) is 11.0. The minimum absolute atomic E-state index is 0.0654. The van der Waals surface area contributed by atoms with E-state index in [1.54, 1.807) is 24.3 Å². The van der Waals surface area contributed by atoms with Crippen molar-refractivity contribution in [2.75, 3.05) is 17.1 Å². The van der Waals surface area contributed by atoms with Gasteiger partial charge in [-0.25, -0.2) is 8.42 Å². The van der Waals surface area contributed by atoms with Gasteiger partial charge in [0, 0.05) is 24.0 Å². The highest BCUT2D eigenvalue weighted by Crippen LogP contribution is 2.32. The van der Waals surface area contributed by atoms with E-state index >= 15 is 0 Å².